The fourth-order valence-electron chi connectivity index (χ4n) is 1.44. The van der Waals surface area contributed by atoms with E-state index in [0.29, 0.717) is 0 Å². The lowest BCUT2D eigenvalue weighted by Crippen LogP contribution is -2.28. The maximum atomic E-state index is 13.3. The zero-order valence-electron chi connectivity index (χ0n) is 8.83. The Morgan fingerprint density at radius 3 is 2.00 bits per heavy atom. The fraction of sp³-hybridized carbons (Fsp3) is 0.600. The van der Waals surface area contributed by atoms with Crippen LogP contribution in [0.1, 0.15) is 20.3 Å². The number of hydrogen-bond acceptors (Lipinski definition) is 0. The first kappa shape index (κ1) is 13.3. The quantitative estimate of drug-likeness (QED) is 0.505. The molecule has 0 aliphatic heterocycles. The lowest BCUT2D eigenvalue weighted by molar-refractivity contribution is 0.163. The predicted octanol–water partition coefficient (Wildman–Crippen LogP) is 3.81. The van der Waals surface area contributed by atoms with Crippen molar-refractivity contribution in [2.75, 3.05) is 0 Å². The molecule has 2 radical (unpaired) electrons. The van der Waals surface area contributed by atoms with Crippen molar-refractivity contribution in [3.8, 4) is 0 Å². The van der Waals surface area contributed by atoms with Crippen molar-refractivity contribution in [1.82, 2.24) is 0 Å². The number of halogens is 5. The van der Waals surface area contributed by atoms with Gasteiger partial charge < -0.3 is 0 Å². The van der Waals surface area contributed by atoms with Gasteiger partial charge in [0.2, 0.25) is 0 Å². The highest BCUT2D eigenvalue weighted by atomic mass is 19.2. The van der Waals surface area contributed by atoms with E-state index in [1.807, 2.05) is 0 Å². The van der Waals surface area contributed by atoms with Gasteiger partial charge in [-0.05, 0) is 5.31 Å². The second-order valence-corrected chi connectivity index (χ2v) is 3.96. The molecule has 3 atom stereocenters. The molecular weight excluding hydrogens is 226 g/mol. The molecule has 16 heavy (non-hydrogen) atoms. The van der Waals surface area contributed by atoms with Gasteiger partial charge in [-0.25, -0.2) is 22.0 Å². The van der Waals surface area contributed by atoms with Gasteiger partial charge >= 0.3 is 0 Å². The highest BCUT2D eigenvalue weighted by Gasteiger charge is 2.43. The van der Waals surface area contributed by atoms with Crippen LogP contribution in [0.15, 0.2) is 23.1 Å². The van der Waals surface area contributed by atoms with E-state index in [4.69, 9.17) is 7.85 Å². The second-order valence-electron chi connectivity index (χ2n) is 3.96. The van der Waals surface area contributed by atoms with Crippen LogP contribution in [0, 0.1) is 0 Å². The van der Waals surface area contributed by atoms with Gasteiger partial charge in [-0.3, -0.25) is 0 Å². The topological polar surface area (TPSA) is 0 Å². The summed E-state index contributed by atoms with van der Waals surface area (Å²) in [6, 6.07) is 0. The van der Waals surface area contributed by atoms with Gasteiger partial charge in [-0.1, -0.05) is 20.3 Å². The number of hydrogen-bond donors (Lipinski definition) is 0. The largest absolute Gasteiger partial charge is 0.236 e. The fourth-order valence-corrected chi connectivity index (χ4v) is 1.44. The Kier molecular flexibility index (Phi) is 3.50. The van der Waals surface area contributed by atoms with Gasteiger partial charge in [0.1, 0.15) is 5.83 Å². The van der Waals surface area contributed by atoms with Crippen LogP contribution < -0.4 is 0 Å². The molecule has 0 aromatic carbocycles. The van der Waals surface area contributed by atoms with Gasteiger partial charge in [0.05, 0.1) is 7.85 Å². The summed E-state index contributed by atoms with van der Waals surface area (Å²) in [6.07, 6.45) is -5.71. The third-order valence-electron chi connectivity index (χ3n) is 2.71. The Bertz CT molecular complexity index is 358. The average Bonchev–Trinajstić information content (AvgIpc) is 2.23. The minimum absolute atomic E-state index is 0.0557. The van der Waals surface area contributed by atoms with Crippen LogP contribution in [0.3, 0.4) is 0 Å². The molecule has 6 heteroatoms. The normalized spacial score (nSPS) is 30.7. The average molecular weight is 236 g/mol. The van der Waals surface area contributed by atoms with E-state index in [0.717, 1.165) is 0 Å². The van der Waals surface area contributed by atoms with Crippen molar-refractivity contribution in [3.05, 3.63) is 23.1 Å². The summed E-state index contributed by atoms with van der Waals surface area (Å²) in [5.41, 5.74) is -0.922. The molecule has 0 bridgehead atoms. The molecule has 0 spiro atoms. The van der Waals surface area contributed by atoms with Crippen LogP contribution in [-0.4, -0.2) is 20.2 Å². The van der Waals surface area contributed by atoms with Crippen LogP contribution in [0.2, 0.25) is 5.31 Å². The minimum Gasteiger partial charge on any atom is -0.236 e. The summed E-state index contributed by atoms with van der Waals surface area (Å²) in [5, 5.41) is -1.57. The Morgan fingerprint density at radius 2 is 1.56 bits per heavy atom. The minimum atomic E-state index is -2.93. The maximum Gasteiger partial charge on any atom is 0.192 e. The summed E-state index contributed by atoms with van der Waals surface area (Å²) >= 11 is 0. The molecule has 0 aromatic heterocycles. The summed E-state index contributed by atoms with van der Waals surface area (Å²) in [5.74, 6) is -5.34. The van der Waals surface area contributed by atoms with Gasteiger partial charge in [-0.2, -0.15) is 0 Å². The van der Waals surface area contributed by atoms with E-state index in [-0.39, 0.29) is 6.42 Å². The Labute approximate surface area is 91.6 Å². The Hall–Kier alpha value is -0.805. The lowest BCUT2D eigenvalue weighted by Gasteiger charge is -2.31. The molecule has 1 aliphatic rings. The molecular formula is C10H10BF5. The van der Waals surface area contributed by atoms with E-state index in [2.05, 4.69) is 0 Å². The summed E-state index contributed by atoms with van der Waals surface area (Å²) < 4.78 is 65.4. The molecule has 0 amide bonds. The Morgan fingerprint density at radius 1 is 1.12 bits per heavy atom. The molecule has 0 nitrogen and oxygen atoms in total. The van der Waals surface area contributed by atoms with Crippen molar-refractivity contribution in [2.45, 2.75) is 37.9 Å². The van der Waals surface area contributed by atoms with Crippen molar-refractivity contribution < 1.29 is 22.0 Å². The SMILES string of the molecule is [B]C(C)(CC)C1=C(F)C(F)C(F)C(F)=C1F. The molecule has 1 rings (SSSR count). The molecule has 0 saturated heterocycles. The van der Waals surface area contributed by atoms with Gasteiger partial charge in [0, 0.05) is 5.57 Å². The van der Waals surface area contributed by atoms with E-state index in [1.165, 1.54) is 13.8 Å². The monoisotopic (exact) mass is 236 g/mol. The smallest absolute Gasteiger partial charge is 0.192 e. The molecule has 0 saturated carbocycles. The highest BCUT2D eigenvalue weighted by molar-refractivity contribution is 6.17. The molecule has 0 aromatic rings. The van der Waals surface area contributed by atoms with Crippen molar-refractivity contribution in [1.29, 1.82) is 0 Å². The summed E-state index contributed by atoms with van der Waals surface area (Å²) in [4.78, 5) is 0. The van der Waals surface area contributed by atoms with Gasteiger partial charge in [-0.15, -0.1) is 0 Å². The highest BCUT2D eigenvalue weighted by Crippen LogP contribution is 2.48. The van der Waals surface area contributed by atoms with E-state index < -0.39 is 40.7 Å². The molecule has 0 heterocycles. The first-order chi connectivity index (χ1) is 7.24. The van der Waals surface area contributed by atoms with Crippen molar-refractivity contribution in [2.24, 2.45) is 0 Å². The third-order valence-corrected chi connectivity index (χ3v) is 2.71. The molecule has 0 N–H and O–H groups in total. The zero-order valence-corrected chi connectivity index (χ0v) is 8.83. The molecule has 88 valence electrons. The maximum absolute atomic E-state index is 13.3. The first-order valence-electron chi connectivity index (χ1n) is 4.76. The van der Waals surface area contributed by atoms with Crippen LogP contribution in [0.5, 0.6) is 0 Å². The van der Waals surface area contributed by atoms with E-state index >= 15 is 0 Å². The van der Waals surface area contributed by atoms with Gasteiger partial charge in [0.15, 0.2) is 24.0 Å². The second kappa shape index (κ2) is 4.22. The predicted molar refractivity (Wildman–Crippen MR) is 51.6 cm³/mol. The molecule has 3 unspecified atom stereocenters. The summed E-state index contributed by atoms with van der Waals surface area (Å²) in [7, 11) is 5.51. The zero-order chi connectivity index (χ0) is 12.7. The van der Waals surface area contributed by atoms with Crippen molar-refractivity contribution in [3.63, 3.8) is 0 Å². The molecule has 0 fully saturated rings. The number of allylic oxidation sites excluding steroid dienone is 4. The van der Waals surface area contributed by atoms with Crippen LogP contribution in [0.25, 0.3) is 0 Å². The van der Waals surface area contributed by atoms with E-state index in [1.54, 1.807) is 0 Å². The number of rotatable bonds is 2. The standard InChI is InChI=1S/C10H10BF5/c1-3-10(2,11)4-5(12)7(14)9(16)8(15)6(4)13/h7,9H,3H2,1-2H3. The van der Waals surface area contributed by atoms with Gasteiger partial charge in [0.25, 0.3) is 0 Å². The third kappa shape index (κ3) is 1.89. The first-order valence-corrected chi connectivity index (χ1v) is 4.76. The Balaban J connectivity index is 3.36. The van der Waals surface area contributed by atoms with Crippen LogP contribution in [-0.2, 0) is 0 Å². The van der Waals surface area contributed by atoms with Crippen LogP contribution >= 0.6 is 0 Å². The number of alkyl halides is 2. The van der Waals surface area contributed by atoms with Crippen LogP contribution in [0.4, 0.5) is 22.0 Å². The lowest BCUT2D eigenvalue weighted by atomic mass is 9.62. The summed E-state index contributed by atoms with van der Waals surface area (Å²) in [6.45, 7) is 2.72. The van der Waals surface area contributed by atoms with Crippen molar-refractivity contribution >= 4 is 7.85 Å². The van der Waals surface area contributed by atoms with E-state index in [9.17, 15) is 22.0 Å². The molecule has 1 aliphatic carbocycles.